The second kappa shape index (κ2) is 4.76. The zero-order valence-electron chi connectivity index (χ0n) is 11.2. The normalized spacial score (nSPS) is 15.3. The molecule has 20 heavy (non-hydrogen) atoms. The van der Waals surface area contributed by atoms with Crippen LogP contribution in [0.2, 0.25) is 5.02 Å². The fourth-order valence-electron chi connectivity index (χ4n) is 2.21. The van der Waals surface area contributed by atoms with Crippen LogP contribution in [0.25, 0.3) is 0 Å². The van der Waals surface area contributed by atoms with Gasteiger partial charge in [-0.3, -0.25) is 4.79 Å². The zero-order valence-corrected chi connectivity index (χ0v) is 12.0. The number of hydrogen-bond acceptors (Lipinski definition) is 2. The minimum Gasteiger partial charge on any atom is -0.320 e. The fraction of sp³-hybridized carbons (Fsp3) is 0.125. The van der Waals surface area contributed by atoms with Crippen molar-refractivity contribution in [2.75, 3.05) is 5.32 Å². The van der Waals surface area contributed by atoms with E-state index in [1.54, 1.807) is 18.2 Å². The summed E-state index contributed by atoms with van der Waals surface area (Å²) in [5.74, 6) is -0.192. The number of nitrogens with zero attached hydrogens (tertiary/aromatic N) is 1. The third-order valence-corrected chi connectivity index (χ3v) is 3.74. The summed E-state index contributed by atoms with van der Waals surface area (Å²) in [6, 6.07) is 11.2. The van der Waals surface area contributed by atoms with Crippen molar-refractivity contribution in [1.82, 2.24) is 0 Å². The second-order valence-electron chi connectivity index (χ2n) is 4.82. The minimum absolute atomic E-state index is 0.192. The van der Waals surface area contributed by atoms with Gasteiger partial charge < -0.3 is 5.32 Å². The van der Waals surface area contributed by atoms with Crippen molar-refractivity contribution >= 4 is 34.6 Å². The van der Waals surface area contributed by atoms with Gasteiger partial charge in [0.2, 0.25) is 0 Å². The summed E-state index contributed by atoms with van der Waals surface area (Å²) in [6.45, 7) is 4.03. The highest BCUT2D eigenvalue weighted by Gasteiger charge is 2.26. The number of halogens is 1. The van der Waals surface area contributed by atoms with E-state index in [0.717, 1.165) is 28.1 Å². The van der Waals surface area contributed by atoms with Crippen LogP contribution in [0, 0.1) is 13.8 Å². The van der Waals surface area contributed by atoms with E-state index in [9.17, 15) is 4.79 Å². The van der Waals surface area contributed by atoms with Crippen LogP contribution in [-0.4, -0.2) is 11.6 Å². The van der Waals surface area contributed by atoms with Gasteiger partial charge in [0, 0.05) is 10.6 Å². The maximum Gasteiger partial charge on any atom is 0.275 e. The number of aryl methyl sites for hydroxylation is 1. The number of anilines is 1. The number of carbonyl (C=O) groups is 1. The first-order valence-corrected chi connectivity index (χ1v) is 6.70. The molecule has 0 bridgehead atoms. The average molecular weight is 285 g/mol. The van der Waals surface area contributed by atoms with Gasteiger partial charge >= 0.3 is 0 Å². The third-order valence-electron chi connectivity index (χ3n) is 3.51. The monoisotopic (exact) mass is 284 g/mol. The van der Waals surface area contributed by atoms with Crippen LogP contribution in [0.4, 0.5) is 11.4 Å². The third kappa shape index (κ3) is 2.10. The number of amides is 1. The predicted octanol–water partition coefficient (Wildman–Crippen LogP) is 4.03. The summed E-state index contributed by atoms with van der Waals surface area (Å²) >= 11 is 6.00. The van der Waals surface area contributed by atoms with Crippen molar-refractivity contribution in [1.29, 1.82) is 0 Å². The molecule has 0 unspecified atom stereocenters. The summed E-state index contributed by atoms with van der Waals surface area (Å²) in [5.41, 5.74) is 4.95. The Bertz CT molecular complexity index is 750. The van der Waals surface area contributed by atoms with Crippen molar-refractivity contribution in [3.63, 3.8) is 0 Å². The van der Waals surface area contributed by atoms with Gasteiger partial charge in [-0.25, -0.2) is 4.99 Å². The van der Waals surface area contributed by atoms with E-state index in [1.807, 2.05) is 32.0 Å². The van der Waals surface area contributed by atoms with E-state index in [2.05, 4.69) is 10.3 Å². The summed E-state index contributed by atoms with van der Waals surface area (Å²) in [4.78, 5) is 16.6. The molecule has 0 aliphatic carbocycles. The second-order valence-corrected chi connectivity index (χ2v) is 5.26. The molecule has 2 aromatic carbocycles. The molecule has 1 aliphatic rings. The molecule has 0 spiro atoms. The lowest BCUT2D eigenvalue weighted by molar-refractivity contribution is -0.110. The Labute approximate surface area is 122 Å². The molecule has 1 aliphatic heterocycles. The summed E-state index contributed by atoms with van der Waals surface area (Å²) in [5, 5.41) is 3.39. The molecule has 0 atom stereocenters. The highest BCUT2D eigenvalue weighted by molar-refractivity contribution is 6.54. The van der Waals surface area contributed by atoms with E-state index in [1.165, 1.54) is 0 Å². The van der Waals surface area contributed by atoms with Crippen LogP contribution in [0.3, 0.4) is 0 Å². The van der Waals surface area contributed by atoms with Crippen molar-refractivity contribution in [2.45, 2.75) is 13.8 Å². The molecule has 4 heteroatoms. The van der Waals surface area contributed by atoms with E-state index in [0.29, 0.717) is 10.7 Å². The lowest BCUT2D eigenvalue weighted by Gasteiger charge is -2.04. The average Bonchev–Trinajstić information content (AvgIpc) is 2.71. The topological polar surface area (TPSA) is 41.5 Å². The molecule has 1 heterocycles. The molecule has 1 amide bonds. The van der Waals surface area contributed by atoms with Crippen LogP contribution in [0.5, 0.6) is 0 Å². The first-order valence-electron chi connectivity index (χ1n) is 6.32. The van der Waals surface area contributed by atoms with Gasteiger partial charge in [-0.2, -0.15) is 0 Å². The largest absolute Gasteiger partial charge is 0.320 e. The number of aliphatic imine (C=N–C) groups is 1. The predicted molar refractivity (Wildman–Crippen MR) is 82.2 cm³/mol. The van der Waals surface area contributed by atoms with Gasteiger partial charge in [-0.15, -0.1) is 0 Å². The molecule has 100 valence electrons. The Morgan fingerprint density at radius 1 is 1.15 bits per heavy atom. The van der Waals surface area contributed by atoms with Crippen molar-refractivity contribution in [3.8, 4) is 0 Å². The molecule has 2 aromatic rings. The first-order chi connectivity index (χ1) is 9.56. The lowest BCUT2D eigenvalue weighted by atomic mass is 10.1. The van der Waals surface area contributed by atoms with E-state index < -0.39 is 0 Å². The Morgan fingerprint density at radius 3 is 2.75 bits per heavy atom. The molecule has 0 saturated heterocycles. The summed E-state index contributed by atoms with van der Waals surface area (Å²) < 4.78 is 0. The molecule has 3 rings (SSSR count). The maximum atomic E-state index is 12.1. The molecule has 3 nitrogen and oxygen atoms in total. The van der Waals surface area contributed by atoms with Crippen molar-refractivity contribution in [2.24, 2.45) is 4.99 Å². The van der Waals surface area contributed by atoms with Crippen LogP contribution in [0.15, 0.2) is 41.4 Å². The zero-order chi connectivity index (χ0) is 14.3. The number of benzene rings is 2. The SMILES string of the molecule is Cc1cccc(N=C2C(=O)Nc3ccc(Cl)cc32)c1C. The number of rotatable bonds is 1. The van der Waals surface area contributed by atoms with Gasteiger partial charge in [-0.1, -0.05) is 23.7 Å². The standard InChI is InChI=1S/C16H13ClN2O/c1-9-4-3-5-13(10(9)2)18-15-12-8-11(17)6-7-14(12)19-16(15)20/h3-8H,1-2H3,(H,18,19,20). The smallest absolute Gasteiger partial charge is 0.275 e. The van der Waals surface area contributed by atoms with Crippen LogP contribution in [-0.2, 0) is 4.79 Å². The van der Waals surface area contributed by atoms with Gasteiger partial charge in [0.05, 0.1) is 11.4 Å². The quantitative estimate of drug-likeness (QED) is 0.844. The highest BCUT2D eigenvalue weighted by Crippen LogP contribution is 2.29. The molecule has 0 aromatic heterocycles. The van der Waals surface area contributed by atoms with Crippen LogP contribution < -0.4 is 5.32 Å². The maximum absolute atomic E-state index is 12.1. The van der Waals surface area contributed by atoms with E-state index in [-0.39, 0.29) is 5.91 Å². The summed E-state index contributed by atoms with van der Waals surface area (Å²) in [6.07, 6.45) is 0. The number of carbonyl (C=O) groups excluding carboxylic acids is 1. The van der Waals surface area contributed by atoms with E-state index >= 15 is 0 Å². The van der Waals surface area contributed by atoms with Crippen molar-refractivity contribution in [3.05, 3.63) is 58.1 Å². The first kappa shape index (κ1) is 12.9. The van der Waals surface area contributed by atoms with Gasteiger partial charge in [-0.05, 0) is 49.2 Å². The lowest BCUT2D eigenvalue weighted by Crippen LogP contribution is -2.14. The van der Waals surface area contributed by atoms with Crippen molar-refractivity contribution < 1.29 is 4.79 Å². The number of nitrogens with one attached hydrogen (secondary N) is 1. The summed E-state index contributed by atoms with van der Waals surface area (Å²) in [7, 11) is 0. The Hall–Kier alpha value is -2.13. The Morgan fingerprint density at radius 2 is 1.95 bits per heavy atom. The van der Waals surface area contributed by atoms with Crippen LogP contribution in [0.1, 0.15) is 16.7 Å². The Balaban J connectivity index is 2.15. The Kier molecular flexibility index (Phi) is 3.07. The fourth-order valence-corrected chi connectivity index (χ4v) is 2.39. The number of fused-ring (bicyclic) bond motifs is 1. The molecular formula is C16H13ClN2O. The highest BCUT2D eigenvalue weighted by atomic mass is 35.5. The van der Waals surface area contributed by atoms with Crippen LogP contribution >= 0.6 is 11.6 Å². The molecule has 0 fully saturated rings. The van der Waals surface area contributed by atoms with Gasteiger partial charge in [0.25, 0.3) is 5.91 Å². The minimum atomic E-state index is -0.192. The molecule has 0 saturated carbocycles. The van der Waals surface area contributed by atoms with E-state index in [4.69, 9.17) is 11.6 Å². The number of hydrogen-bond donors (Lipinski definition) is 1. The van der Waals surface area contributed by atoms with Gasteiger partial charge in [0.15, 0.2) is 0 Å². The van der Waals surface area contributed by atoms with Gasteiger partial charge in [0.1, 0.15) is 5.71 Å². The molecule has 1 N–H and O–H groups in total. The molecule has 0 radical (unpaired) electrons. The molecular weight excluding hydrogens is 272 g/mol.